The molecular formula is C23H21BrFNO3S. The zero-order valence-corrected chi connectivity index (χ0v) is 19.0. The zero-order valence-electron chi connectivity index (χ0n) is 16.6. The summed E-state index contributed by atoms with van der Waals surface area (Å²) in [5, 5.41) is 5.27. The fourth-order valence-corrected chi connectivity index (χ4v) is 5.50. The highest BCUT2D eigenvalue weighted by Gasteiger charge is 2.42. The fourth-order valence-electron chi connectivity index (χ4n) is 4.29. The first-order chi connectivity index (χ1) is 14.4. The Bertz CT molecular complexity index is 1070. The Hall–Kier alpha value is -2.25. The normalized spacial score (nSPS) is 21.4. The summed E-state index contributed by atoms with van der Waals surface area (Å²) in [7, 11) is 0. The highest BCUT2D eigenvalue weighted by atomic mass is 79.9. The Balaban J connectivity index is 1.86. The van der Waals surface area contributed by atoms with E-state index in [1.165, 1.54) is 6.07 Å². The van der Waals surface area contributed by atoms with Crippen LogP contribution in [-0.4, -0.2) is 18.4 Å². The molecule has 1 N–H and O–H groups in total. The van der Waals surface area contributed by atoms with Crippen LogP contribution in [0.1, 0.15) is 49.0 Å². The van der Waals surface area contributed by atoms with Crippen LogP contribution < -0.4 is 5.32 Å². The molecule has 0 saturated heterocycles. The van der Waals surface area contributed by atoms with Gasteiger partial charge in [-0.15, -0.1) is 11.3 Å². The number of nitrogens with one attached hydrogen (secondary N) is 1. The second-order valence-corrected chi connectivity index (χ2v) is 9.31. The molecule has 2 aromatic rings. The fraction of sp³-hybridized carbons (Fsp3) is 0.304. The summed E-state index contributed by atoms with van der Waals surface area (Å²) in [6, 6.07) is 8.61. The average Bonchev–Trinajstić information content (AvgIpc) is 3.23. The van der Waals surface area contributed by atoms with Crippen molar-refractivity contribution < 1.29 is 18.7 Å². The van der Waals surface area contributed by atoms with Crippen LogP contribution in [0.2, 0.25) is 0 Å². The van der Waals surface area contributed by atoms with Crippen molar-refractivity contribution in [2.75, 3.05) is 6.61 Å². The van der Waals surface area contributed by atoms with Crippen LogP contribution in [0.25, 0.3) is 0 Å². The van der Waals surface area contributed by atoms with Gasteiger partial charge in [-0.05, 0) is 49.9 Å². The number of hydrogen-bond donors (Lipinski definition) is 1. The minimum atomic E-state index is -0.797. The molecule has 2 atom stereocenters. The maximum atomic E-state index is 14.9. The highest BCUT2D eigenvalue weighted by molar-refractivity contribution is 9.10. The van der Waals surface area contributed by atoms with Gasteiger partial charge in [0.05, 0.1) is 18.1 Å². The third kappa shape index (κ3) is 3.76. The van der Waals surface area contributed by atoms with Gasteiger partial charge in [0.15, 0.2) is 5.78 Å². The van der Waals surface area contributed by atoms with Crippen molar-refractivity contribution in [1.82, 2.24) is 5.32 Å². The summed E-state index contributed by atoms with van der Waals surface area (Å²) < 4.78 is 20.9. The molecule has 0 unspecified atom stereocenters. The lowest BCUT2D eigenvalue weighted by Crippen LogP contribution is -2.36. The molecule has 1 aliphatic heterocycles. The lowest BCUT2D eigenvalue weighted by atomic mass is 9.72. The van der Waals surface area contributed by atoms with Crippen molar-refractivity contribution in [2.45, 2.75) is 38.5 Å². The molecule has 0 radical (unpaired) electrons. The summed E-state index contributed by atoms with van der Waals surface area (Å²) >= 11 is 5.02. The standard InChI is InChI=1S/C23H21BrFNO3S/c1-3-29-23(28)20-12(2)26-17-9-13(19-5-4-8-30-19)10-18(27)22(17)21(20)15-11-14(24)6-7-16(15)25/h4-8,11,13,21,26H,3,9-10H2,1-2H3/t13-,21-/m0/s1. The Labute approximate surface area is 187 Å². The number of benzene rings is 1. The van der Waals surface area contributed by atoms with Crippen molar-refractivity contribution in [3.8, 4) is 0 Å². The minimum absolute atomic E-state index is 0.0687. The molecule has 30 heavy (non-hydrogen) atoms. The van der Waals surface area contributed by atoms with Crippen molar-refractivity contribution in [2.24, 2.45) is 0 Å². The quantitative estimate of drug-likeness (QED) is 0.569. The Morgan fingerprint density at radius 1 is 1.33 bits per heavy atom. The molecule has 0 fully saturated rings. The molecule has 0 amide bonds. The second-order valence-electron chi connectivity index (χ2n) is 7.42. The number of esters is 1. The molecule has 4 nitrogen and oxygen atoms in total. The smallest absolute Gasteiger partial charge is 0.336 e. The van der Waals surface area contributed by atoms with Crippen LogP contribution in [-0.2, 0) is 14.3 Å². The lowest BCUT2D eigenvalue weighted by Gasteiger charge is -2.36. The van der Waals surface area contributed by atoms with E-state index in [1.807, 2.05) is 17.5 Å². The molecule has 4 rings (SSSR count). The van der Waals surface area contributed by atoms with Gasteiger partial charge >= 0.3 is 5.97 Å². The third-order valence-electron chi connectivity index (χ3n) is 5.54. The summed E-state index contributed by atoms with van der Waals surface area (Å²) in [6.07, 6.45) is 0.976. The number of ketones is 1. The monoisotopic (exact) mass is 489 g/mol. The van der Waals surface area contributed by atoms with Gasteiger partial charge in [0, 0.05) is 44.2 Å². The molecule has 0 bridgehead atoms. The summed E-state index contributed by atoms with van der Waals surface area (Å²) in [6.45, 7) is 3.70. The van der Waals surface area contributed by atoms with Gasteiger partial charge < -0.3 is 10.1 Å². The van der Waals surface area contributed by atoms with Crippen LogP contribution in [0.5, 0.6) is 0 Å². The van der Waals surface area contributed by atoms with Crippen LogP contribution in [0.3, 0.4) is 0 Å². The summed E-state index contributed by atoms with van der Waals surface area (Å²) in [4.78, 5) is 27.3. The second kappa shape index (κ2) is 8.47. The van der Waals surface area contributed by atoms with Crippen LogP contribution in [0, 0.1) is 5.82 Å². The number of rotatable bonds is 4. The van der Waals surface area contributed by atoms with E-state index in [2.05, 4.69) is 21.2 Å². The molecule has 156 valence electrons. The molecule has 1 aromatic heterocycles. The lowest BCUT2D eigenvalue weighted by molar-refractivity contribution is -0.138. The topological polar surface area (TPSA) is 55.4 Å². The van der Waals surface area contributed by atoms with Crippen molar-refractivity contribution in [1.29, 1.82) is 0 Å². The molecule has 2 aliphatic rings. The number of halogens is 2. The van der Waals surface area contributed by atoms with E-state index in [9.17, 15) is 14.0 Å². The van der Waals surface area contributed by atoms with Gasteiger partial charge in [0.2, 0.25) is 0 Å². The summed E-state index contributed by atoms with van der Waals surface area (Å²) in [5.74, 6) is -1.78. The first kappa shape index (κ1) is 21.0. The number of hydrogen-bond acceptors (Lipinski definition) is 5. The van der Waals surface area contributed by atoms with E-state index >= 15 is 0 Å². The Kier molecular flexibility index (Phi) is 5.93. The van der Waals surface area contributed by atoms with Gasteiger partial charge in [-0.3, -0.25) is 4.79 Å². The molecule has 7 heteroatoms. The number of Topliss-reactive ketones (excluding diaryl/α,β-unsaturated/α-hetero) is 1. The van der Waals surface area contributed by atoms with Crippen LogP contribution in [0.15, 0.2) is 62.7 Å². The Morgan fingerprint density at radius 2 is 2.13 bits per heavy atom. The Morgan fingerprint density at radius 3 is 2.83 bits per heavy atom. The molecule has 0 saturated carbocycles. The average molecular weight is 490 g/mol. The van der Waals surface area contributed by atoms with Crippen molar-refractivity contribution in [3.63, 3.8) is 0 Å². The molecule has 1 aliphatic carbocycles. The van der Waals surface area contributed by atoms with E-state index in [4.69, 9.17) is 4.74 Å². The number of ether oxygens (including phenoxy) is 1. The third-order valence-corrected chi connectivity index (χ3v) is 7.07. The van der Waals surface area contributed by atoms with E-state index in [1.54, 1.807) is 37.3 Å². The summed E-state index contributed by atoms with van der Waals surface area (Å²) in [5.41, 5.74) is 2.41. The van der Waals surface area contributed by atoms with Gasteiger partial charge in [0.1, 0.15) is 5.82 Å². The number of carbonyl (C=O) groups excluding carboxylic acids is 2. The van der Waals surface area contributed by atoms with Gasteiger partial charge in [-0.1, -0.05) is 22.0 Å². The predicted octanol–water partition coefficient (Wildman–Crippen LogP) is 5.57. The van der Waals surface area contributed by atoms with Crippen LogP contribution >= 0.6 is 27.3 Å². The van der Waals surface area contributed by atoms with E-state index in [0.717, 1.165) is 10.6 Å². The maximum absolute atomic E-state index is 14.9. The molecule has 2 heterocycles. The van der Waals surface area contributed by atoms with Gasteiger partial charge in [-0.2, -0.15) is 0 Å². The number of dihydropyridines is 1. The number of allylic oxidation sites excluding steroid dienone is 3. The van der Waals surface area contributed by atoms with Crippen molar-refractivity contribution >= 4 is 39.0 Å². The van der Waals surface area contributed by atoms with Crippen molar-refractivity contribution in [3.05, 3.63) is 79.0 Å². The van der Waals surface area contributed by atoms with E-state index < -0.39 is 17.7 Å². The largest absolute Gasteiger partial charge is 0.463 e. The first-order valence-corrected chi connectivity index (χ1v) is 11.5. The van der Waals surface area contributed by atoms with E-state index in [0.29, 0.717) is 34.1 Å². The first-order valence-electron chi connectivity index (χ1n) is 9.80. The molecular weight excluding hydrogens is 469 g/mol. The molecule has 1 aromatic carbocycles. The minimum Gasteiger partial charge on any atom is -0.463 e. The predicted molar refractivity (Wildman–Crippen MR) is 118 cm³/mol. The maximum Gasteiger partial charge on any atom is 0.336 e. The number of thiophene rings is 1. The SMILES string of the molecule is CCOC(=O)C1=C(C)NC2=C(C(=O)C[C@@H](c3cccs3)C2)[C@H]1c1cc(Br)ccc1F. The van der Waals surface area contributed by atoms with E-state index in [-0.39, 0.29) is 23.9 Å². The van der Waals surface area contributed by atoms with Crippen LogP contribution in [0.4, 0.5) is 4.39 Å². The molecule has 0 spiro atoms. The number of carbonyl (C=O) groups is 2. The zero-order chi connectivity index (χ0) is 21.4. The van der Waals surface area contributed by atoms with Gasteiger partial charge in [0.25, 0.3) is 0 Å². The van der Waals surface area contributed by atoms with Gasteiger partial charge in [-0.25, -0.2) is 9.18 Å². The highest BCUT2D eigenvalue weighted by Crippen LogP contribution is 2.47.